The van der Waals surface area contributed by atoms with E-state index in [4.69, 9.17) is 4.74 Å². The lowest BCUT2D eigenvalue weighted by atomic mass is 10.1. The van der Waals surface area contributed by atoms with Gasteiger partial charge in [0.15, 0.2) is 0 Å². The van der Waals surface area contributed by atoms with Crippen molar-refractivity contribution in [2.24, 2.45) is 0 Å². The van der Waals surface area contributed by atoms with E-state index in [1.54, 1.807) is 0 Å². The first kappa shape index (κ1) is 16.9. The molecule has 0 bridgehead atoms. The number of amides is 1. The van der Waals surface area contributed by atoms with Crippen LogP contribution in [0.1, 0.15) is 10.4 Å². The molecule has 5 heteroatoms. The number of anilines is 2. The van der Waals surface area contributed by atoms with Gasteiger partial charge in [0.2, 0.25) is 0 Å². The van der Waals surface area contributed by atoms with Crippen molar-refractivity contribution in [1.82, 2.24) is 4.90 Å². The zero-order chi connectivity index (χ0) is 17.8. The van der Waals surface area contributed by atoms with Gasteiger partial charge in [-0.3, -0.25) is 4.79 Å². The highest BCUT2D eigenvalue weighted by atomic mass is 16.5. The zero-order valence-electron chi connectivity index (χ0n) is 15.0. The molecule has 0 unspecified atom stereocenters. The monoisotopic (exact) mass is 351 g/mol. The Kier molecular flexibility index (Phi) is 5.07. The number of hydrogen-bond acceptors (Lipinski definition) is 4. The molecule has 0 aromatic heterocycles. The number of ether oxygens (including phenoxy) is 1. The topological polar surface area (TPSA) is 36.0 Å². The second-order valence-electron chi connectivity index (χ2n) is 6.73. The number of carbonyl (C=O) groups is 1. The maximum absolute atomic E-state index is 13.2. The second-order valence-corrected chi connectivity index (χ2v) is 6.73. The maximum atomic E-state index is 13.2. The highest BCUT2D eigenvalue weighted by molar-refractivity contribution is 6.00. The molecule has 1 amide bonds. The van der Waals surface area contributed by atoms with E-state index in [0.717, 1.165) is 63.7 Å². The quantitative estimate of drug-likeness (QED) is 0.851. The van der Waals surface area contributed by atoms with Gasteiger partial charge in [-0.2, -0.15) is 0 Å². The van der Waals surface area contributed by atoms with Crippen LogP contribution in [0.2, 0.25) is 0 Å². The molecule has 0 radical (unpaired) electrons. The van der Waals surface area contributed by atoms with Gasteiger partial charge in [-0.15, -0.1) is 0 Å². The summed E-state index contributed by atoms with van der Waals surface area (Å²) >= 11 is 0. The third kappa shape index (κ3) is 3.53. The van der Waals surface area contributed by atoms with Gasteiger partial charge in [-0.05, 0) is 24.3 Å². The van der Waals surface area contributed by atoms with Crippen molar-refractivity contribution in [3.8, 4) is 0 Å². The fourth-order valence-electron chi connectivity index (χ4n) is 3.71. The number of hydrogen-bond donors (Lipinski definition) is 0. The molecule has 0 atom stereocenters. The molecule has 0 saturated carbocycles. The summed E-state index contributed by atoms with van der Waals surface area (Å²) in [5, 5.41) is 0. The molecule has 2 heterocycles. The van der Waals surface area contributed by atoms with E-state index in [1.165, 1.54) is 5.69 Å². The van der Waals surface area contributed by atoms with E-state index >= 15 is 0 Å². The normalized spacial score (nSPS) is 18.1. The van der Waals surface area contributed by atoms with Gasteiger partial charge >= 0.3 is 0 Å². The van der Waals surface area contributed by atoms with Crippen LogP contribution >= 0.6 is 0 Å². The van der Waals surface area contributed by atoms with Crippen molar-refractivity contribution < 1.29 is 9.53 Å². The lowest BCUT2D eigenvalue weighted by Gasteiger charge is -2.37. The van der Waals surface area contributed by atoms with Gasteiger partial charge in [0, 0.05) is 50.6 Å². The Balaban J connectivity index is 1.46. The molecule has 0 spiro atoms. The SMILES string of the molecule is O=C(c1ccccc1N1CCOCC1)N1CCN(c2ccccc2)CC1. The summed E-state index contributed by atoms with van der Waals surface area (Å²) in [6.07, 6.45) is 0. The Morgan fingerprint density at radius 3 is 2.12 bits per heavy atom. The first-order valence-corrected chi connectivity index (χ1v) is 9.34. The fourth-order valence-corrected chi connectivity index (χ4v) is 3.71. The molecule has 2 aromatic rings. The minimum absolute atomic E-state index is 0.139. The standard InChI is InChI=1S/C21H25N3O2/c25-21(19-8-4-5-9-20(19)23-14-16-26-17-15-23)24-12-10-22(11-13-24)18-6-2-1-3-7-18/h1-9H,10-17H2. The molecule has 2 aliphatic heterocycles. The van der Waals surface area contributed by atoms with Crippen LogP contribution in [0.25, 0.3) is 0 Å². The van der Waals surface area contributed by atoms with Crippen LogP contribution in [0.3, 0.4) is 0 Å². The molecular weight excluding hydrogens is 326 g/mol. The van der Waals surface area contributed by atoms with Crippen LogP contribution in [-0.4, -0.2) is 63.3 Å². The number of carbonyl (C=O) groups excluding carboxylic acids is 1. The largest absolute Gasteiger partial charge is 0.378 e. The summed E-state index contributed by atoms with van der Waals surface area (Å²) in [6.45, 7) is 6.37. The second kappa shape index (κ2) is 7.79. The molecule has 26 heavy (non-hydrogen) atoms. The average Bonchev–Trinajstić information content (AvgIpc) is 2.75. The summed E-state index contributed by atoms with van der Waals surface area (Å²) in [5.41, 5.74) is 3.07. The summed E-state index contributed by atoms with van der Waals surface area (Å²) < 4.78 is 5.45. The predicted molar refractivity (Wildman–Crippen MR) is 104 cm³/mol. The molecule has 2 aliphatic rings. The molecule has 136 valence electrons. The van der Waals surface area contributed by atoms with Crippen molar-refractivity contribution >= 4 is 17.3 Å². The van der Waals surface area contributed by atoms with Crippen molar-refractivity contribution in [3.05, 3.63) is 60.2 Å². The number of rotatable bonds is 3. The molecule has 2 saturated heterocycles. The Bertz CT molecular complexity index is 736. The third-order valence-electron chi connectivity index (χ3n) is 5.17. The van der Waals surface area contributed by atoms with Crippen LogP contribution in [0.4, 0.5) is 11.4 Å². The molecule has 4 rings (SSSR count). The van der Waals surface area contributed by atoms with E-state index in [2.05, 4.69) is 40.1 Å². The van der Waals surface area contributed by atoms with Gasteiger partial charge in [-0.1, -0.05) is 30.3 Å². The number of benzene rings is 2. The summed E-state index contributed by atoms with van der Waals surface area (Å²) in [6, 6.07) is 18.4. The summed E-state index contributed by atoms with van der Waals surface area (Å²) in [5.74, 6) is 0.139. The number of para-hydroxylation sites is 2. The molecule has 0 N–H and O–H groups in total. The van der Waals surface area contributed by atoms with Crippen LogP contribution in [-0.2, 0) is 4.74 Å². The minimum Gasteiger partial charge on any atom is -0.378 e. The van der Waals surface area contributed by atoms with Gasteiger partial charge in [0.25, 0.3) is 5.91 Å². The van der Waals surface area contributed by atoms with E-state index in [0.29, 0.717) is 0 Å². The van der Waals surface area contributed by atoms with E-state index < -0.39 is 0 Å². The van der Waals surface area contributed by atoms with Gasteiger partial charge in [0.05, 0.1) is 18.8 Å². The minimum atomic E-state index is 0.139. The van der Waals surface area contributed by atoms with Crippen LogP contribution < -0.4 is 9.80 Å². The molecular formula is C21H25N3O2. The Morgan fingerprint density at radius 2 is 1.38 bits per heavy atom. The van der Waals surface area contributed by atoms with Crippen molar-refractivity contribution in [3.63, 3.8) is 0 Å². The number of morpholine rings is 1. The van der Waals surface area contributed by atoms with Crippen molar-refractivity contribution in [2.75, 3.05) is 62.3 Å². The molecule has 5 nitrogen and oxygen atoms in total. The van der Waals surface area contributed by atoms with Gasteiger partial charge in [-0.25, -0.2) is 0 Å². The fraction of sp³-hybridized carbons (Fsp3) is 0.381. The highest BCUT2D eigenvalue weighted by Gasteiger charge is 2.25. The van der Waals surface area contributed by atoms with Crippen molar-refractivity contribution in [2.45, 2.75) is 0 Å². The maximum Gasteiger partial charge on any atom is 0.256 e. The smallest absolute Gasteiger partial charge is 0.256 e. The Morgan fingerprint density at radius 1 is 0.731 bits per heavy atom. The van der Waals surface area contributed by atoms with E-state index in [1.807, 2.05) is 29.2 Å². The number of piperazine rings is 1. The van der Waals surface area contributed by atoms with Crippen LogP contribution in [0, 0.1) is 0 Å². The molecule has 2 aromatic carbocycles. The predicted octanol–water partition coefficient (Wildman–Crippen LogP) is 2.49. The lowest BCUT2D eigenvalue weighted by Crippen LogP contribution is -2.49. The van der Waals surface area contributed by atoms with Gasteiger partial charge in [0.1, 0.15) is 0 Å². The Labute approximate surface area is 154 Å². The average molecular weight is 351 g/mol. The summed E-state index contributed by atoms with van der Waals surface area (Å²) in [7, 11) is 0. The molecule has 2 fully saturated rings. The van der Waals surface area contributed by atoms with Crippen LogP contribution in [0.5, 0.6) is 0 Å². The van der Waals surface area contributed by atoms with E-state index in [9.17, 15) is 4.79 Å². The third-order valence-corrected chi connectivity index (χ3v) is 5.17. The number of nitrogens with zero attached hydrogens (tertiary/aromatic N) is 3. The van der Waals surface area contributed by atoms with Gasteiger partial charge < -0.3 is 19.4 Å². The van der Waals surface area contributed by atoms with Crippen molar-refractivity contribution in [1.29, 1.82) is 0 Å². The lowest BCUT2D eigenvalue weighted by molar-refractivity contribution is 0.0746. The Hall–Kier alpha value is -2.53. The first-order chi connectivity index (χ1) is 12.8. The first-order valence-electron chi connectivity index (χ1n) is 9.34. The summed E-state index contributed by atoms with van der Waals surface area (Å²) in [4.78, 5) is 19.7. The molecule has 0 aliphatic carbocycles. The zero-order valence-corrected chi connectivity index (χ0v) is 15.0. The highest BCUT2D eigenvalue weighted by Crippen LogP contribution is 2.24. The van der Waals surface area contributed by atoms with Crippen LogP contribution in [0.15, 0.2) is 54.6 Å². The van der Waals surface area contributed by atoms with E-state index in [-0.39, 0.29) is 5.91 Å².